The normalized spacial score (nSPS) is 12.7. The number of carbonyl (C=O) groups excluding carboxylic acids is 3. The highest BCUT2D eigenvalue weighted by Gasteiger charge is 2.24. The maximum absolute atomic E-state index is 13.7. The zero-order chi connectivity index (χ0) is 35.7. The van der Waals surface area contributed by atoms with Gasteiger partial charge in [-0.3, -0.25) is 14.4 Å². The third-order valence-electron chi connectivity index (χ3n) is 8.02. The van der Waals surface area contributed by atoms with Crippen molar-refractivity contribution in [1.29, 1.82) is 0 Å². The number of anilines is 2. The number of carbonyl (C=O) groups is 3. The Morgan fingerprint density at radius 2 is 1.31 bits per heavy atom. The minimum Gasteiger partial charge on any atom is -0.486 e. The van der Waals surface area contributed by atoms with Crippen LogP contribution in [0.3, 0.4) is 0 Å². The van der Waals surface area contributed by atoms with Crippen molar-refractivity contribution in [3.05, 3.63) is 168 Å². The van der Waals surface area contributed by atoms with Gasteiger partial charge >= 0.3 is 0 Å². The van der Waals surface area contributed by atoms with Gasteiger partial charge in [-0.1, -0.05) is 78.9 Å². The molecule has 1 aromatic heterocycles. The molecular formula is C42H33N3O6S. The second-order valence-corrected chi connectivity index (χ2v) is 12.9. The maximum atomic E-state index is 13.7. The standard InChI is InChI=1S/C42H33N3O6S/c46-40(30-14-8-3-9-15-30)45-35(27-33-19-23-36(51-33)28-10-4-1-5-11-28)41(47)43-31-16-20-34(21-17-31)52-39(29-12-6-2-7-13-29)42(48)44-32-18-22-37-38(26-32)50-25-24-49-37/h1-23,26-27,39H,24-25H2,(H,43,47)(H,44,48)(H,45,46)/b35-27+/t39-/m0/s1. The van der Waals surface area contributed by atoms with Gasteiger partial charge in [-0.15, -0.1) is 11.8 Å². The summed E-state index contributed by atoms with van der Waals surface area (Å²) in [6.07, 6.45) is 1.50. The van der Waals surface area contributed by atoms with E-state index >= 15 is 0 Å². The number of furan rings is 1. The molecule has 258 valence electrons. The number of nitrogens with one attached hydrogen (secondary N) is 3. The zero-order valence-electron chi connectivity index (χ0n) is 27.8. The molecule has 0 saturated heterocycles. The third kappa shape index (κ3) is 8.43. The summed E-state index contributed by atoms with van der Waals surface area (Å²) >= 11 is 1.38. The fraction of sp³-hybridized carbons (Fsp3) is 0.0714. The van der Waals surface area contributed by atoms with Gasteiger partial charge in [-0.05, 0) is 66.2 Å². The topological polar surface area (TPSA) is 119 Å². The van der Waals surface area contributed by atoms with Crippen LogP contribution in [0.5, 0.6) is 11.5 Å². The van der Waals surface area contributed by atoms with Crippen molar-refractivity contribution in [2.45, 2.75) is 10.1 Å². The van der Waals surface area contributed by atoms with Crippen molar-refractivity contribution in [3.8, 4) is 22.8 Å². The van der Waals surface area contributed by atoms with Gasteiger partial charge in [-0.25, -0.2) is 0 Å². The van der Waals surface area contributed by atoms with Crippen LogP contribution >= 0.6 is 11.8 Å². The molecular weight excluding hydrogens is 675 g/mol. The molecule has 1 aliphatic heterocycles. The van der Waals surface area contributed by atoms with E-state index in [0.29, 0.717) is 53.2 Å². The lowest BCUT2D eigenvalue weighted by molar-refractivity contribution is -0.116. The molecule has 10 heteroatoms. The first kappa shape index (κ1) is 34.0. The van der Waals surface area contributed by atoms with E-state index in [2.05, 4.69) is 16.0 Å². The lowest BCUT2D eigenvalue weighted by atomic mass is 10.1. The maximum Gasteiger partial charge on any atom is 0.272 e. The van der Waals surface area contributed by atoms with Crippen LogP contribution in [0.1, 0.15) is 26.9 Å². The van der Waals surface area contributed by atoms with Crippen molar-refractivity contribution < 1.29 is 28.3 Å². The summed E-state index contributed by atoms with van der Waals surface area (Å²) in [5, 5.41) is 8.06. The minimum atomic E-state index is -0.577. The predicted octanol–water partition coefficient (Wildman–Crippen LogP) is 8.60. The first-order chi connectivity index (χ1) is 25.5. The first-order valence-corrected chi connectivity index (χ1v) is 17.4. The molecule has 5 aromatic carbocycles. The zero-order valence-corrected chi connectivity index (χ0v) is 28.6. The van der Waals surface area contributed by atoms with Crippen molar-refractivity contribution in [2.75, 3.05) is 23.8 Å². The highest BCUT2D eigenvalue weighted by atomic mass is 32.2. The number of benzene rings is 5. The van der Waals surface area contributed by atoms with Gasteiger partial charge in [-0.2, -0.15) is 0 Å². The molecule has 7 rings (SSSR count). The number of hydrogen-bond acceptors (Lipinski definition) is 7. The molecule has 9 nitrogen and oxygen atoms in total. The predicted molar refractivity (Wildman–Crippen MR) is 202 cm³/mol. The summed E-state index contributed by atoms with van der Waals surface area (Å²) in [4.78, 5) is 41.3. The Morgan fingerprint density at radius 3 is 2.04 bits per heavy atom. The van der Waals surface area contributed by atoms with Crippen LogP contribution in [0.25, 0.3) is 17.4 Å². The Kier molecular flexibility index (Phi) is 10.5. The number of thioether (sulfide) groups is 1. The summed E-state index contributed by atoms with van der Waals surface area (Å²) < 4.78 is 17.3. The van der Waals surface area contributed by atoms with E-state index in [9.17, 15) is 14.4 Å². The second kappa shape index (κ2) is 16.0. The summed E-state index contributed by atoms with van der Waals surface area (Å²) in [5.41, 5.74) is 3.21. The van der Waals surface area contributed by atoms with Crippen molar-refractivity contribution in [1.82, 2.24) is 5.32 Å². The van der Waals surface area contributed by atoms with E-state index < -0.39 is 17.1 Å². The lowest BCUT2D eigenvalue weighted by Gasteiger charge is -2.20. The number of ether oxygens (including phenoxy) is 2. The number of hydrogen-bond donors (Lipinski definition) is 3. The first-order valence-electron chi connectivity index (χ1n) is 16.6. The average molecular weight is 708 g/mol. The van der Waals surface area contributed by atoms with E-state index in [0.717, 1.165) is 16.0 Å². The molecule has 52 heavy (non-hydrogen) atoms. The lowest BCUT2D eigenvalue weighted by Crippen LogP contribution is -2.30. The Labute approximate surface area is 304 Å². The summed E-state index contributed by atoms with van der Waals surface area (Å²) in [6.45, 7) is 0.931. The molecule has 0 fully saturated rings. The van der Waals surface area contributed by atoms with Crippen LogP contribution < -0.4 is 25.4 Å². The molecule has 0 unspecified atom stereocenters. The molecule has 0 bridgehead atoms. The number of amides is 3. The van der Waals surface area contributed by atoms with Crippen LogP contribution in [-0.4, -0.2) is 30.9 Å². The van der Waals surface area contributed by atoms with Crippen LogP contribution in [-0.2, 0) is 9.59 Å². The van der Waals surface area contributed by atoms with E-state index in [1.54, 1.807) is 60.7 Å². The van der Waals surface area contributed by atoms with Crippen molar-refractivity contribution in [3.63, 3.8) is 0 Å². The number of rotatable bonds is 11. The molecule has 3 N–H and O–H groups in total. The highest BCUT2D eigenvalue weighted by Crippen LogP contribution is 2.38. The van der Waals surface area contributed by atoms with Crippen molar-refractivity contribution >= 4 is 46.9 Å². The molecule has 2 heterocycles. The van der Waals surface area contributed by atoms with Gasteiger partial charge < -0.3 is 29.8 Å². The Bertz CT molecular complexity index is 2200. The SMILES string of the molecule is O=C(Nc1ccc(S[C@H](C(=O)Nc2ccc3c(c2)OCCO3)c2ccccc2)cc1)/C(=C\c1ccc(-c2ccccc2)o1)NC(=O)c1ccccc1. The fourth-order valence-corrected chi connectivity index (χ4v) is 6.48. The molecule has 1 aliphatic rings. The largest absolute Gasteiger partial charge is 0.486 e. The molecule has 0 saturated carbocycles. The Morgan fingerprint density at radius 1 is 0.654 bits per heavy atom. The molecule has 6 aromatic rings. The summed E-state index contributed by atoms with van der Waals surface area (Å²) in [5.74, 6) is 1.07. The fourth-order valence-electron chi connectivity index (χ4n) is 5.45. The monoisotopic (exact) mass is 707 g/mol. The van der Waals surface area contributed by atoms with Gasteiger partial charge in [0.05, 0.1) is 0 Å². The molecule has 1 atom stereocenters. The van der Waals surface area contributed by atoms with E-state index in [1.807, 2.05) is 84.9 Å². The molecule has 3 amide bonds. The van der Waals surface area contributed by atoms with Gasteiger partial charge in [0.1, 0.15) is 35.7 Å². The van der Waals surface area contributed by atoms with E-state index in [-0.39, 0.29) is 11.6 Å². The highest BCUT2D eigenvalue weighted by molar-refractivity contribution is 8.00. The van der Waals surface area contributed by atoms with Gasteiger partial charge in [0, 0.05) is 39.5 Å². The quantitative estimate of drug-likeness (QED) is 0.0912. The third-order valence-corrected chi connectivity index (χ3v) is 9.28. The summed E-state index contributed by atoms with van der Waals surface area (Å²) in [6, 6.07) is 43.8. The van der Waals surface area contributed by atoms with Crippen LogP contribution in [0, 0.1) is 0 Å². The minimum absolute atomic E-state index is 0.00113. The van der Waals surface area contributed by atoms with Crippen LogP contribution in [0.15, 0.2) is 161 Å². The van der Waals surface area contributed by atoms with E-state index in [4.69, 9.17) is 13.9 Å². The second-order valence-electron chi connectivity index (χ2n) is 11.7. The summed E-state index contributed by atoms with van der Waals surface area (Å²) in [7, 11) is 0. The molecule has 0 aliphatic carbocycles. The van der Waals surface area contributed by atoms with Crippen molar-refractivity contribution in [2.24, 2.45) is 0 Å². The smallest absolute Gasteiger partial charge is 0.272 e. The average Bonchev–Trinajstić information content (AvgIpc) is 3.67. The van der Waals surface area contributed by atoms with E-state index in [1.165, 1.54) is 17.8 Å². The Hall–Kier alpha value is -6.52. The van der Waals surface area contributed by atoms with Crippen LogP contribution in [0.4, 0.5) is 11.4 Å². The van der Waals surface area contributed by atoms with Gasteiger partial charge in [0.2, 0.25) is 5.91 Å². The van der Waals surface area contributed by atoms with Gasteiger partial charge in [0.15, 0.2) is 11.5 Å². The number of fused-ring (bicyclic) bond motifs is 1. The Balaban J connectivity index is 1.08. The molecule has 0 radical (unpaired) electrons. The van der Waals surface area contributed by atoms with Crippen LogP contribution in [0.2, 0.25) is 0 Å². The van der Waals surface area contributed by atoms with Gasteiger partial charge in [0.25, 0.3) is 11.8 Å². The molecule has 0 spiro atoms.